The van der Waals surface area contributed by atoms with Crippen molar-refractivity contribution < 1.29 is 14.3 Å². The lowest BCUT2D eigenvalue weighted by molar-refractivity contribution is 0.0526. The van der Waals surface area contributed by atoms with Crippen molar-refractivity contribution in [2.45, 2.75) is 26.7 Å². The van der Waals surface area contributed by atoms with E-state index < -0.39 is 5.97 Å². The Balaban J connectivity index is 1.93. The van der Waals surface area contributed by atoms with Gasteiger partial charge in [-0.25, -0.2) is 14.8 Å². The summed E-state index contributed by atoms with van der Waals surface area (Å²) in [5.41, 5.74) is 1.21. The lowest BCUT2D eigenvalue weighted by Gasteiger charge is -2.07. The first-order valence-electron chi connectivity index (χ1n) is 8.28. The molecule has 0 bridgehead atoms. The van der Waals surface area contributed by atoms with E-state index in [9.17, 15) is 9.59 Å². The Morgan fingerprint density at radius 1 is 1.08 bits per heavy atom. The number of esters is 1. The lowest BCUT2D eigenvalue weighted by atomic mass is 10.2. The molecule has 2 aromatic rings. The van der Waals surface area contributed by atoms with Crippen molar-refractivity contribution in [3.8, 4) is 0 Å². The predicted molar refractivity (Wildman–Crippen MR) is 95.8 cm³/mol. The summed E-state index contributed by atoms with van der Waals surface area (Å²) in [5.74, 6) is -0.113. The number of benzene rings is 1. The molecule has 7 heteroatoms. The number of hydrogen-bond acceptors (Lipinski definition) is 6. The van der Waals surface area contributed by atoms with E-state index in [1.165, 1.54) is 12.4 Å². The molecule has 0 spiro atoms. The second-order valence-corrected chi connectivity index (χ2v) is 5.32. The number of aromatic nitrogens is 2. The van der Waals surface area contributed by atoms with Gasteiger partial charge in [0, 0.05) is 12.2 Å². The van der Waals surface area contributed by atoms with Crippen LogP contribution in [0.5, 0.6) is 0 Å². The van der Waals surface area contributed by atoms with E-state index >= 15 is 0 Å². The van der Waals surface area contributed by atoms with Crippen LogP contribution in [0, 0.1) is 0 Å². The molecule has 0 saturated heterocycles. The Bertz CT molecular complexity index is 699. The molecule has 0 saturated carbocycles. The number of rotatable bonds is 8. The van der Waals surface area contributed by atoms with Crippen molar-refractivity contribution in [1.29, 1.82) is 0 Å². The Hall–Kier alpha value is -2.96. The van der Waals surface area contributed by atoms with Crippen LogP contribution in [0.1, 0.15) is 47.5 Å². The first-order valence-corrected chi connectivity index (χ1v) is 8.28. The summed E-state index contributed by atoms with van der Waals surface area (Å²) in [4.78, 5) is 32.1. The van der Waals surface area contributed by atoms with Crippen molar-refractivity contribution in [2.24, 2.45) is 0 Å². The van der Waals surface area contributed by atoms with Crippen LogP contribution >= 0.6 is 0 Å². The first kappa shape index (κ1) is 18.4. The average Bonchev–Trinajstić information content (AvgIpc) is 2.63. The van der Waals surface area contributed by atoms with Crippen LogP contribution in [-0.2, 0) is 4.74 Å². The third kappa shape index (κ3) is 5.56. The van der Waals surface area contributed by atoms with Crippen molar-refractivity contribution in [1.82, 2.24) is 9.97 Å². The first-order chi connectivity index (χ1) is 12.1. The van der Waals surface area contributed by atoms with Crippen LogP contribution in [0.2, 0.25) is 0 Å². The molecule has 132 valence electrons. The van der Waals surface area contributed by atoms with Gasteiger partial charge in [0.25, 0.3) is 5.91 Å². The van der Waals surface area contributed by atoms with Gasteiger partial charge in [0.2, 0.25) is 0 Å². The van der Waals surface area contributed by atoms with Gasteiger partial charge < -0.3 is 15.4 Å². The second-order valence-electron chi connectivity index (χ2n) is 5.32. The molecule has 7 nitrogen and oxygen atoms in total. The van der Waals surface area contributed by atoms with Gasteiger partial charge in [0.15, 0.2) is 0 Å². The molecule has 0 aliphatic heterocycles. The van der Waals surface area contributed by atoms with Gasteiger partial charge in [-0.2, -0.15) is 0 Å². The molecule has 0 aliphatic carbocycles. The van der Waals surface area contributed by atoms with Gasteiger partial charge in [-0.3, -0.25) is 4.79 Å². The van der Waals surface area contributed by atoms with Gasteiger partial charge in [-0.05, 0) is 37.6 Å². The minimum atomic E-state index is -0.391. The van der Waals surface area contributed by atoms with Crippen molar-refractivity contribution in [2.75, 3.05) is 23.8 Å². The van der Waals surface area contributed by atoms with E-state index in [2.05, 4.69) is 27.5 Å². The quantitative estimate of drug-likeness (QED) is 0.565. The summed E-state index contributed by atoms with van der Waals surface area (Å²) < 4.78 is 4.91. The smallest absolute Gasteiger partial charge is 0.338 e. The fourth-order valence-electron chi connectivity index (χ4n) is 2.03. The third-order valence-electron chi connectivity index (χ3n) is 3.37. The number of ether oxygens (including phenoxy) is 1. The zero-order valence-electron chi connectivity index (χ0n) is 14.4. The molecule has 0 fully saturated rings. The number of nitrogens with zero attached hydrogens (tertiary/aromatic N) is 2. The Kier molecular flexibility index (Phi) is 6.88. The standard InChI is InChI=1S/C18H22N4O3/c1-3-5-10-19-16-12-20-15(11-21-16)17(23)22-14-8-6-13(7-9-14)18(24)25-4-2/h6-9,11-12H,3-5,10H2,1-2H3,(H,19,21)(H,22,23). The molecule has 25 heavy (non-hydrogen) atoms. The number of anilines is 2. The highest BCUT2D eigenvalue weighted by Crippen LogP contribution is 2.12. The zero-order valence-corrected chi connectivity index (χ0v) is 14.4. The predicted octanol–water partition coefficient (Wildman–Crippen LogP) is 3.12. The number of carbonyl (C=O) groups excluding carboxylic acids is 2. The monoisotopic (exact) mass is 342 g/mol. The number of amides is 1. The third-order valence-corrected chi connectivity index (χ3v) is 3.37. The van der Waals surface area contributed by atoms with E-state index in [0.29, 0.717) is 23.7 Å². The maximum Gasteiger partial charge on any atom is 0.338 e. The molecule has 2 N–H and O–H groups in total. The van der Waals surface area contributed by atoms with E-state index in [0.717, 1.165) is 19.4 Å². The maximum absolute atomic E-state index is 12.2. The Morgan fingerprint density at radius 2 is 1.84 bits per heavy atom. The van der Waals surface area contributed by atoms with Gasteiger partial charge in [0.05, 0.1) is 24.6 Å². The van der Waals surface area contributed by atoms with Crippen LogP contribution < -0.4 is 10.6 Å². The molecular formula is C18H22N4O3. The van der Waals surface area contributed by atoms with Crippen molar-refractivity contribution >= 4 is 23.4 Å². The minimum absolute atomic E-state index is 0.218. The van der Waals surface area contributed by atoms with Crippen LogP contribution in [0.15, 0.2) is 36.7 Å². The number of nitrogens with one attached hydrogen (secondary N) is 2. The van der Waals surface area contributed by atoms with E-state index in [4.69, 9.17) is 4.74 Å². The second kappa shape index (κ2) is 9.36. The fraction of sp³-hybridized carbons (Fsp3) is 0.333. The van der Waals surface area contributed by atoms with Gasteiger partial charge >= 0.3 is 5.97 Å². The highest BCUT2D eigenvalue weighted by Gasteiger charge is 2.10. The summed E-state index contributed by atoms with van der Waals surface area (Å²) in [7, 11) is 0. The molecule has 0 aliphatic rings. The molecule has 0 atom stereocenters. The fourth-order valence-corrected chi connectivity index (χ4v) is 2.03. The number of unbranched alkanes of at least 4 members (excludes halogenated alkanes) is 1. The highest BCUT2D eigenvalue weighted by atomic mass is 16.5. The van der Waals surface area contributed by atoms with E-state index in [1.807, 2.05) is 0 Å². The largest absolute Gasteiger partial charge is 0.462 e. The molecule has 1 aromatic heterocycles. The minimum Gasteiger partial charge on any atom is -0.462 e. The van der Waals surface area contributed by atoms with Crippen LogP contribution in [0.4, 0.5) is 11.5 Å². The van der Waals surface area contributed by atoms with Crippen LogP contribution in [0.25, 0.3) is 0 Å². The summed E-state index contributed by atoms with van der Waals surface area (Å²) in [6.07, 6.45) is 5.10. The van der Waals surface area contributed by atoms with Crippen molar-refractivity contribution in [3.05, 3.63) is 47.9 Å². The Labute approximate surface area is 146 Å². The van der Waals surface area contributed by atoms with Crippen LogP contribution in [0.3, 0.4) is 0 Å². The van der Waals surface area contributed by atoms with E-state index in [-0.39, 0.29) is 11.6 Å². The Morgan fingerprint density at radius 3 is 2.44 bits per heavy atom. The van der Waals surface area contributed by atoms with Gasteiger partial charge in [-0.15, -0.1) is 0 Å². The highest BCUT2D eigenvalue weighted by molar-refractivity contribution is 6.03. The summed E-state index contributed by atoms with van der Waals surface area (Å²) in [5, 5.41) is 5.85. The topological polar surface area (TPSA) is 93.2 Å². The van der Waals surface area contributed by atoms with Crippen LogP contribution in [-0.4, -0.2) is 35.0 Å². The molecular weight excluding hydrogens is 320 g/mol. The molecule has 1 amide bonds. The molecule has 1 aromatic carbocycles. The SMILES string of the molecule is CCCCNc1cnc(C(=O)Nc2ccc(C(=O)OCC)cc2)cn1. The summed E-state index contributed by atoms with van der Waals surface area (Å²) in [6.45, 7) is 5.00. The normalized spacial score (nSPS) is 10.2. The summed E-state index contributed by atoms with van der Waals surface area (Å²) in [6, 6.07) is 6.47. The van der Waals surface area contributed by atoms with Gasteiger partial charge in [0.1, 0.15) is 11.5 Å². The van der Waals surface area contributed by atoms with Gasteiger partial charge in [-0.1, -0.05) is 13.3 Å². The summed E-state index contributed by atoms with van der Waals surface area (Å²) >= 11 is 0. The average molecular weight is 342 g/mol. The van der Waals surface area contributed by atoms with Crippen molar-refractivity contribution in [3.63, 3.8) is 0 Å². The zero-order chi connectivity index (χ0) is 18.1. The maximum atomic E-state index is 12.2. The number of carbonyl (C=O) groups is 2. The van der Waals surface area contributed by atoms with E-state index in [1.54, 1.807) is 31.2 Å². The lowest BCUT2D eigenvalue weighted by Crippen LogP contribution is -2.15. The molecule has 0 radical (unpaired) electrons. The number of hydrogen-bond donors (Lipinski definition) is 2. The molecule has 2 rings (SSSR count). The molecule has 0 unspecified atom stereocenters. The molecule has 1 heterocycles.